The highest BCUT2D eigenvalue weighted by molar-refractivity contribution is 5.92. The van der Waals surface area contributed by atoms with E-state index in [1.54, 1.807) is 17.9 Å². The number of aliphatic hydroxyl groups is 1. The number of rotatable bonds is 3. The number of carbonyl (C=O) groups excluding carboxylic acids is 2. The van der Waals surface area contributed by atoms with E-state index in [1.807, 2.05) is 0 Å². The maximum atomic E-state index is 13.2. The zero-order valence-corrected chi connectivity index (χ0v) is 14.6. The molecule has 26 heavy (non-hydrogen) atoms. The van der Waals surface area contributed by atoms with Gasteiger partial charge in [-0.05, 0) is 37.6 Å². The number of piperazine rings is 1. The first-order valence-corrected chi connectivity index (χ1v) is 8.32. The van der Waals surface area contributed by atoms with Gasteiger partial charge in [0.2, 0.25) is 0 Å². The average molecular weight is 361 g/mol. The molecule has 1 fully saturated rings. The maximum Gasteiger partial charge on any atom is 0.276 e. The Morgan fingerprint density at radius 2 is 1.85 bits per heavy atom. The lowest BCUT2D eigenvalue weighted by atomic mass is 10.2. The van der Waals surface area contributed by atoms with Crippen molar-refractivity contribution in [3.8, 4) is 5.69 Å². The summed E-state index contributed by atoms with van der Waals surface area (Å²) in [6, 6.07) is 4.29. The van der Waals surface area contributed by atoms with Crippen molar-refractivity contribution in [3.05, 3.63) is 41.5 Å². The van der Waals surface area contributed by atoms with Gasteiger partial charge >= 0.3 is 0 Å². The fourth-order valence-electron chi connectivity index (χ4n) is 2.91. The number of hydrogen-bond acceptors (Lipinski definition) is 5. The first-order chi connectivity index (χ1) is 12.4. The number of amides is 2. The van der Waals surface area contributed by atoms with E-state index < -0.39 is 6.10 Å². The number of carbonyl (C=O) groups is 2. The Bertz CT molecular complexity index is 828. The molecule has 0 saturated carbocycles. The third kappa shape index (κ3) is 3.57. The van der Waals surface area contributed by atoms with Crippen LogP contribution in [0.3, 0.4) is 0 Å². The predicted molar refractivity (Wildman–Crippen MR) is 90.2 cm³/mol. The summed E-state index contributed by atoms with van der Waals surface area (Å²) in [5.41, 5.74) is 1.51. The highest BCUT2D eigenvalue weighted by Gasteiger charge is 2.27. The van der Waals surface area contributed by atoms with Gasteiger partial charge in [-0.25, -0.2) is 9.07 Å². The van der Waals surface area contributed by atoms with Gasteiger partial charge in [0, 0.05) is 26.2 Å². The van der Waals surface area contributed by atoms with Gasteiger partial charge in [-0.1, -0.05) is 5.21 Å². The van der Waals surface area contributed by atoms with Crippen molar-refractivity contribution < 1.29 is 19.1 Å². The molecule has 0 spiro atoms. The molecule has 1 N–H and O–H groups in total. The second-order valence-electron chi connectivity index (χ2n) is 6.27. The van der Waals surface area contributed by atoms with Crippen LogP contribution < -0.4 is 0 Å². The summed E-state index contributed by atoms with van der Waals surface area (Å²) in [6.45, 7) is 4.62. The molecule has 9 heteroatoms. The molecule has 1 aromatic heterocycles. The zero-order valence-electron chi connectivity index (χ0n) is 14.6. The minimum atomic E-state index is -1.05. The molecule has 138 valence electrons. The number of aliphatic hydroxyl groups excluding tert-OH is 1. The molecule has 1 unspecified atom stereocenters. The largest absolute Gasteiger partial charge is 0.384 e. The van der Waals surface area contributed by atoms with Crippen LogP contribution in [0.5, 0.6) is 0 Å². The first kappa shape index (κ1) is 18.0. The monoisotopic (exact) mass is 361 g/mol. The second-order valence-corrected chi connectivity index (χ2v) is 6.27. The van der Waals surface area contributed by atoms with Gasteiger partial charge in [-0.3, -0.25) is 9.59 Å². The van der Waals surface area contributed by atoms with E-state index in [9.17, 15) is 19.1 Å². The number of nitrogens with zero attached hydrogens (tertiary/aromatic N) is 5. The minimum Gasteiger partial charge on any atom is -0.384 e. The van der Waals surface area contributed by atoms with E-state index in [0.29, 0.717) is 37.4 Å². The van der Waals surface area contributed by atoms with Crippen molar-refractivity contribution in [2.24, 2.45) is 0 Å². The van der Waals surface area contributed by atoms with Crippen LogP contribution in [0.15, 0.2) is 24.4 Å². The molecule has 1 aromatic carbocycles. The summed E-state index contributed by atoms with van der Waals surface area (Å²) in [6.07, 6.45) is 0.465. The van der Waals surface area contributed by atoms with Gasteiger partial charge in [0.05, 0.1) is 11.9 Å². The third-order valence-corrected chi connectivity index (χ3v) is 4.35. The first-order valence-electron chi connectivity index (χ1n) is 8.32. The van der Waals surface area contributed by atoms with Crippen LogP contribution in [-0.2, 0) is 4.79 Å². The topological polar surface area (TPSA) is 91.6 Å². The summed E-state index contributed by atoms with van der Waals surface area (Å²) in [5.74, 6) is -0.956. The van der Waals surface area contributed by atoms with Gasteiger partial charge in [0.1, 0.15) is 11.9 Å². The van der Waals surface area contributed by atoms with Gasteiger partial charge in [-0.15, -0.1) is 5.10 Å². The summed E-state index contributed by atoms with van der Waals surface area (Å²) >= 11 is 0. The van der Waals surface area contributed by atoms with E-state index in [2.05, 4.69) is 10.3 Å². The molecule has 0 radical (unpaired) electrons. The summed E-state index contributed by atoms with van der Waals surface area (Å²) in [4.78, 5) is 27.5. The van der Waals surface area contributed by atoms with Gasteiger partial charge in [0.25, 0.3) is 11.8 Å². The third-order valence-electron chi connectivity index (χ3n) is 4.35. The fraction of sp³-hybridized carbons (Fsp3) is 0.412. The number of hydrogen-bond donors (Lipinski definition) is 1. The van der Waals surface area contributed by atoms with Crippen LogP contribution >= 0.6 is 0 Å². The molecule has 2 amide bonds. The average Bonchev–Trinajstić information content (AvgIpc) is 3.10. The lowest BCUT2D eigenvalue weighted by Gasteiger charge is -2.34. The van der Waals surface area contributed by atoms with Crippen molar-refractivity contribution in [3.63, 3.8) is 0 Å². The van der Waals surface area contributed by atoms with Crippen molar-refractivity contribution in [1.29, 1.82) is 0 Å². The number of aryl methyl sites for hydroxylation is 1. The molecular weight excluding hydrogens is 341 g/mol. The van der Waals surface area contributed by atoms with Crippen molar-refractivity contribution in [2.45, 2.75) is 20.0 Å². The number of halogens is 1. The zero-order chi connectivity index (χ0) is 18.8. The van der Waals surface area contributed by atoms with Crippen LogP contribution in [0.2, 0.25) is 0 Å². The van der Waals surface area contributed by atoms with Crippen molar-refractivity contribution >= 4 is 11.8 Å². The van der Waals surface area contributed by atoms with Crippen LogP contribution in [0.4, 0.5) is 4.39 Å². The van der Waals surface area contributed by atoms with Crippen molar-refractivity contribution in [2.75, 3.05) is 26.2 Å². The molecule has 3 rings (SSSR count). The van der Waals surface area contributed by atoms with E-state index in [0.717, 1.165) is 0 Å². The molecule has 1 aliphatic rings. The van der Waals surface area contributed by atoms with Crippen molar-refractivity contribution in [1.82, 2.24) is 24.8 Å². The predicted octanol–water partition coefficient (Wildman–Crippen LogP) is 0.380. The Morgan fingerprint density at radius 3 is 2.46 bits per heavy atom. The molecule has 0 aliphatic carbocycles. The smallest absolute Gasteiger partial charge is 0.276 e. The summed E-state index contributed by atoms with van der Waals surface area (Å²) in [7, 11) is 0. The van der Waals surface area contributed by atoms with E-state index >= 15 is 0 Å². The molecular formula is C17H20FN5O3. The van der Waals surface area contributed by atoms with Gasteiger partial charge < -0.3 is 14.9 Å². The van der Waals surface area contributed by atoms with Gasteiger partial charge in [0.15, 0.2) is 5.69 Å². The van der Waals surface area contributed by atoms with Gasteiger partial charge in [-0.2, -0.15) is 0 Å². The molecule has 1 aliphatic heterocycles. The maximum absolute atomic E-state index is 13.2. The van der Waals surface area contributed by atoms with Crippen LogP contribution in [0, 0.1) is 12.7 Å². The fourth-order valence-corrected chi connectivity index (χ4v) is 2.91. The Balaban J connectivity index is 1.68. The van der Waals surface area contributed by atoms with E-state index in [1.165, 1.54) is 34.8 Å². The standard InChI is InChI=1S/C17H20FN5O3/c1-11-9-13(18)3-4-15(11)23-10-14(19-20-23)17(26)22-7-5-21(6-8-22)16(25)12(2)24/h3-4,9-10,12,24H,5-8H2,1-2H3. The molecule has 0 bridgehead atoms. The molecule has 2 heterocycles. The second kappa shape index (κ2) is 7.20. The molecule has 1 saturated heterocycles. The molecule has 2 aromatic rings. The van der Waals surface area contributed by atoms with E-state index in [4.69, 9.17) is 0 Å². The Morgan fingerprint density at radius 1 is 1.19 bits per heavy atom. The lowest BCUT2D eigenvalue weighted by Crippen LogP contribution is -2.52. The Labute approximate surface area is 149 Å². The highest BCUT2D eigenvalue weighted by atomic mass is 19.1. The van der Waals surface area contributed by atoms with Crippen LogP contribution in [0.25, 0.3) is 5.69 Å². The summed E-state index contributed by atoms with van der Waals surface area (Å²) in [5, 5.41) is 17.2. The van der Waals surface area contributed by atoms with E-state index in [-0.39, 0.29) is 23.3 Å². The lowest BCUT2D eigenvalue weighted by molar-refractivity contribution is -0.140. The minimum absolute atomic E-state index is 0.184. The SMILES string of the molecule is Cc1cc(F)ccc1-n1cc(C(=O)N2CCN(C(=O)C(C)O)CC2)nn1. The molecule has 8 nitrogen and oxygen atoms in total. The van der Waals surface area contributed by atoms with Crippen LogP contribution in [-0.4, -0.2) is 74.0 Å². The number of benzene rings is 1. The normalized spacial score (nSPS) is 15.8. The quantitative estimate of drug-likeness (QED) is 0.853. The van der Waals surface area contributed by atoms with Crippen LogP contribution in [0.1, 0.15) is 23.0 Å². The summed E-state index contributed by atoms with van der Waals surface area (Å²) < 4.78 is 14.7. The highest BCUT2D eigenvalue weighted by Crippen LogP contribution is 2.15. The Hall–Kier alpha value is -2.81. The number of aromatic nitrogens is 3. The Kier molecular flexibility index (Phi) is 4.99. The molecule has 1 atom stereocenters.